The van der Waals surface area contributed by atoms with Crippen LogP contribution in [0.2, 0.25) is 5.02 Å². The molecule has 1 aliphatic carbocycles. The number of carbonyl (C=O) groups excluding carboxylic acids is 1. The Morgan fingerprint density at radius 3 is 2.85 bits per heavy atom. The van der Waals surface area contributed by atoms with Crippen LogP contribution in [0, 0.1) is 0 Å². The molecular formula is C16H15ClN8O2. The highest BCUT2D eigenvalue weighted by molar-refractivity contribution is 6.34. The maximum atomic E-state index is 13.1. The van der Waals surface area contributed by atoms with Gasteiger partial charge in [-0.05, 0) is 31.7 Å². The van der Waals surface area contributed by atoms with Gasteiger partial charge >= 0.3 is 0 Å². The second-order valence-electron chi connectivity index (χ2n) is 6.73. The van der Waals surface area contributed by atoms with E-state index >= 15 is 0 Å². The zero-order valence-corrected chi connectivity index (χ0v) is 14.8. The number of aromatic amines is 1. The van der Waals surface area contributed by atoms with Crippen molar-refractivity contribution >= 4 is 40.0 Å². The van der Waals surface area contributed by atoms with Gasteiger partial charge in [-0.2, -0.15) is 5.10 Å². The van der Waals surface area contributed by atoms with Gasteiger partial charge in [0.15, 0.2) is 5.65 Å². The minimum absolute atomic E-state index is 0.0980. The minimum Gasteiger partial charge on any atom is -0.335 e. The van der Waals surface area contributed by atoms with Gasteiger partial charge in [0.25, 0.3) is 11.5 Å². The first kappa shape index (κ1) is 16.1. The first-order valence-corrected chi connectivity index (χ1v) is 8.91. The van der Waals surface area contributed by atoms with E-state index in [1.807, 2.05) is 0 Å². The Bertz CT molecular complexity index is 1130. The zero-order valence-electron chi connectivity index (χ0n) is 14.0. The lowest BCUT2D eigenvalue weighted by molar-refractivity contribution is 0.0869. The Labute approximate surface area is 157 Å². The molecule has 1 aliphatic heterocycles. The number of amides is 1. The van der Waals surface area contributed by atoms with E-state index in [0.717, 1.165) is 25.7 Å². The maximum Gasteiger partial charge on any atom is 0.293 e. The molecule has 3 aromatic heterocycles. The van der Waals surface area contributed by atoms with Crippen LogP contribution in [-0.4, -0.2) is 36.4 Å². The summed E-state index contributed by atoms with van der Waals surface area (Å²) in [4.78, 5) is 33.9. The second kappa shape index (κ2) is 5.68. The molecule has 0 bridgehead atoms. The van der Waals surface area contributed by atoms with Crippen molar-refractivity contribution in [2.75, 3.05) is 10.7 Å². The highest BCUT2D eigenvalue weighted by Crippen LogP contribution is 2.32. The topological polar surface area (TPSA) is 130 Å². The molecule has 0 atom stereocenters. The van der Waals surface area contributed by atoms with Crippen LogP contribution in [0.5, 0.6) is 0 Å². The molecular weight excluding hydrogens is 372 g/mol. The number of hydrogen-bond donors (Lipinski definition) is 4. The minimum atomic E-state index is -0.609. The average molecular weight is 387 g/mol. The fourth-order valence-electron chi connectivity index (χ4n) is 3.72. The highest BCUT2D eigenvalue weighted by atomic mass is 35.5. The number of anilines is 2. The monoisotopic (exact) mass is 386 g/mol. The third kappa shape index (κ3) is 2.44. The average Bonchev–Trinajstić information content (AvgIpc) is 3.29. The number of nitrogens with zero attached hydrogens (tertiary/aromatic N) is 4. The summed E-state index contributed by atoms with van der Waals surface area (Å²) in [6.45, 7) is 0. The van der Waals surface area contributed by atoms with Gasteiger partial charge in [0.1, 0.15) is 29.2 Å². The Morgan fingerprint density at radius 2 is 2.04 bits per heavy atom. The largest absolute Gasteiger partial charge is 0.335 e. The van der Waals surface area contributed by atoms with E-state index in [1.54, 1.807) is 6.20 Å². The van der Waals surface area contributed by atoms with Crippen molar-refractivity contribution in [1.29, 1.82) is 0 Å². The summed E-state index contributed by atoms with van der Waals surface area (Å²) < 4.78 is 1.24. The van der Waals surface area contributed by atoms with Gasteiger partial charge in [-0.15, -0.1) is 0 Å². The third-order valence-electron chi connectivity index (χ3n) is 5.01. The number of pyridine rings is 1. The van der Waals surface area contributed by atoms with Crippen LogP contribution >= 0.6 is 11.6 Å². The molecule has 1 spiro atoms. The Balaban J connectivity index is 1.61. The Kier molecular flexibility index (Phi) is 3.38. The number of H-pyrrole nitrogens is 1. The molecule has 2 aliphatic rings. The van der Waals surface area contributed by atoms with Crippen LogP contribution in [0.4, 0.5) is 11.5 Å². The van der Waals surface area contributed by atoms with E-state index in [2.05, 4.69) is 36.2 Å². The van der Waals surface area contributed by atoms with Crippen molar-refractivity contribution in [3.05, 3.63) is 39.7 Å². The number of carbonyl (C=O) groups is 1. The second-order valence-corrected chi connectivity index (χ2v) is 7.14. The predicted molar refractivity (Wildman–Crippen MR) is 98.7 cm³/mol. The summed E-state index contributed by atoms with van der Waals surface area (Å²) >= 11 is 6.32. The smallest absolute Gasteiger partial charge is 0.293 e. The number of nitrogens with one attached hydrogen (secondary N) is 4. The molecule has 0 saturated heterocycles. The van der Waals surface area contributed by atoms with Gasteiger partial charge in [-0.25, -0.2) is 14.6 Å². The number of aromatic nitrogens is 5. The first-order valence-electron chi connectivity index (χ1n) is 8.54. The summed E-state index contributed by atoms with van der Waals surface area (Å²) in [5.74, 6) is 0.0573. The molecule has 3 aromatic rings. The summed E-state index contributed by atoms with van der Waals surface area (Å²) in [6.07, 6.45) is 6.38. The molecule has 1 saturated carbocycles. The van der Waals surface area contributed by atoms with E-state index in [0.29, 0.717) is 16.9 Å². The summed E-state index contributed by atoms with van der Waals surface area (Å²) in [5.41, 5.74) is 2.98. The molecule has 1 fully saturated rings. The molecule has 0 aromatic carbocycles. The van der Waals surface area contributed by atoms with Crippen LogP contribution < -0.4 is 21.6 Å². The van der Waals surface area contributed by atoms with Crippen molar-refractivity contribution in [1.82, 2.24) is 30.2 Å². The first-order chi connectivity index (χ1) is 13.1. The van der Waals surface area contributed by atoms with Gasteiger partial charge < -0.3 is 10.6 Å². The molecule has 10 nitrogen and oxygen atoms in total. The summed E-state index contributed by atoms with van der Waals surface area (Å²) in [5, 5.41) is 13.4. The van der Waals surface area contributed by atoms with Crippen molar-refractivity contribution in [3.8, 4) is 0 Å². The Morgan fingerprint density at radius 1 is 1.22 bits per heavy atom. The lowest BCUT2D eigenvalue weighted by atomic mass is 10.1. The standard InChI is InChI=1S/C16H15ClN8O2/c17-9-5-10(21-12-8-6-20-23-13(8)19-7-18-12)15(27)25-11(9)14(26)22-16(24-25)3-1-2-4-16/h5-7,24H,1-4H2,(H,22,26)(H2,18,19,20,21,23). The zero-order chi connectivity index (χ0) is 18.6. The molecule has 11 heteroatoms. The van der Waals surface area contributed by atoms with Crippen LogP contribution in [0.15, 0.2) is 23.4 Å². The number of fused-ring (bicyclic) bond motifs is 2. The normalized spacial score (nSPS) is 17.6. The van der Waals surface area contributed by atoms with Crippen molar-refractivity contribution in [2.45, 2.75) is 31.3 Å². The van der Waals surface area contributed by atoms with Crippen molar-refractivity contribution in [3.63, 3.8) is 0 Å². The molecule has 1 amide bonds. The van der Waals surface area contributed by atoms with E-state index in [9.17, 15) is 9.59 Å². The molecule has 138 valence electrons. The number of hydrogen-bond acceptors (Lipinski definition) is 7. The third-order valence-corrected chi connectivity index (χ3v) is 5.29. The molecule has 4 N–H and O–H groups in total. The van der Waals surface area contributed by atoms with Crippen LogP contribution in [0.1, 0.15) is 36.2 Å². The molecule has 4 heterocycles. The summed E-state index contributed by atoms with van der Waals surface area (Å²) in [6, 6.07) is 1.43. The SMILES string of the molecule is O=C1NC2(CCCC2)Nn2c1c(Cl)cc(Nc1ncnc3[nH]ncc13)c2=O. The predicted octanol–water partition coefficient (Wildman–Crippen LogP) is 1.47. The number of rotatable bonds is 2. The van der Waals surface area contributed by atoms with Crippen molar-refractivity contribution < 1.29 is 4.79 Å². The highest BCUT2D eigenvalue weighted by Gasteiger charge is 2.41. The van der Waals surface area contributed by atoms with Gasteiger partial charge in [0.05, 0.1) is 16.6 Å². The van der Waals surface area contributed by atoms with Gasteiger partial charge in [0, 0.05) is 0 Å². The van der Waals surface area contributed by atoms with Crippen LogP contribution in [0.25, 0.3) is 11.0 Å². The van der Waals surface area contributed by atoms with Crippen molar-refractivity contribution in [2.24, 2.45) is 0 Å². The summed E-state index contributed by atoms with van der Waals surface area (Å²) in [7, 11) is 0. The van der Waals surface area contributed by atoms with Gasteiger partial charge in [-0.3, -0.25) is 20.1 Å². The quantitative estimate of drug-likeness (QED) is 0.524. The number of halogens is 1. The van der Waals surface area contributed by atoms with Gasteiger partial charge in [0.2, 0.25) is 0 Å². The molecule has 0 unspecified atom stereocenters. The fraction of sp³-hybridized carbons (Fsp3) is 0.312. The lowest BCUT2D eigenvalue weighted by Crippen LogP contribution is -2.62. The van der Waals surface area contributed by atoms with E-state index in [-0.39, 0.29) is 22.3 Å². The van der Waals surface area contributed by atoms with E-state index in [1.165, 1.54) is 17.1 Å². The van der Waals surface area contributed by atoms with Crippen LogP contribution in [0.3, 0.4) is 0 Å². The fourth-order valence-corrected chi connectivity index (χ4v) is 4.00. The molecule has 27 heavy (non-hydrogen) atoms. The van der Waals surface area contributed by atoms with Gasteiger partial charge in [-0.1, -0.05) is 11.6 Å². The Hall–Kier alpha value is -3.14. The molecule has 0 radical (unpaired) electrons. The lowest BCUT2D eigenvalue weighted by Gasteiger charge is -2.38. The maximum absolute atomic E-state index is 13.1. The van der Waals surface area contributed by atoms with E-state index < -0.39 is 11.2 Å². The molecule has 5 rings (SSSR count). The van der Waals surface area contributed by atoms with E-state index in [4.69, 9.17) is 11.6 Å². The van der Waals surface area contributed by atoms with Crippen LogP contribution in [-0.2, 0) is 0 Å².